The van der Waals surface area contributed by atoms with Gasteiger partial charge in [0.2, 0.25) is 0 Å². The third-order valence-corrected chi connectivity index (χ3v) is 5.05. The van der Waals surface area contributed by atoms with Gasteiger partial charge < -0.3 is 15.2 Å². The van der Waals surface area contributed by atoms with Crippen molar-refractivity contribution >= 4 is 11.9 Å². The van der Waals surface area contributed by atoms with E-state index >= 15 is 0 Å². The van der Waals surface area contributed by atoms with Crippen LogP contribution < -0.4 is 5.32 Å². The minimum atomic E-state index is -0.989. The quantitative estimate of drug-likeness (QED) is 0.889. The molecule has 0 aromatic heterocycles. The molecular weight excluding hydrogens is 270 g/mol. The number of carbonyl (C=O) groups is 2. The van der Waals surface area contributed by atoms with Crippen LogP contribution in [0, 0.1) is 5.41 Å². The van der Waals surface area contributed by atoms with E-state index in [9.17, 15) is 9.59 Å². The van der Waals surface area contributed by atoms with Crippen molar-refractivity contribution in [1.29, 1.82) is 0 Å². The second kappa shape index (κ2) is 5.15. The van der Waals surface area contributed by atoms with Crippen LogP contribution in [0.3, 0.4) is 0 Å². The number of hydrogen-bond acceptors (Lipinski definition) is 3. The first-order chi connectivity index (χ1) is 10.1. The van der Waals surface area contributed by atoms with Gasteiger partial charge in [0, 0.05) is 24.1 Å². The molecule has 0 aliphatic heterocycles. The molecule has 21 heavy (non-hydrogen) atoms. The van der Waals surface area contributed by atoms with E-state index in [1.807, 2.05) is 0 Å². The molecule has 5 nitrogen and oxygen atoms in total. The number of hydrogen-bond donors (Lipinski definition) is 2. The molecule has 2 atom stereocenters. The Labute approximate surface area is 123 Å². The summed E-state index contributed by atoms with van der Waals surface area (Å²) in [5, 5.41) is 11.9. The first-order valence-electron chi connectivity index (χ1n) is 7.24. The molecule has 0 bridgehead atoms. The molecule has 2 aliphatic carbocycles. The summed E-state index contributed by atoms with van der Waals surface area (Å²) < 4.78 is 5.49. The molecule has 1 amide bonds. The van der Waals surface area contributed by atoms with Crippen LogP contribution in [0.15, 0.2) is 24.3 Å². The van der Waals surface area contributed by atoms with Crippen molar-refractivity contribution in [2.45, 2.75) is 37.8 Å². The molecule has 112 valence electrons. The Hall–Kier alpha value is -1.88. The number of benzene rings is 1. The van der Waals surface area contributed by atoms with Crippen LogP contribution in [0.5, 0.6) is 0 Å². The average Bonchev–Trinajstić information content (AvgIpc) is 2.41. The summed E-state index contributed by atoms with van der Waals surface area (Å²) in [6, 6.07) is 6.18. The van der Waals surface area contributed by atoms with Crippen molar-refractivity contribution < 1.29 is 19.4 Å². The van der Waals surface area contributed by atoms with Gasteiger partial charge in [0.15, 0.2) is 0 Å². The van der Waals surface area contributed by atoms with Crippen LogP contribution in [0.25, 0.3) is 0 Å². The maximum absolute atomic E-state index is 12.3. The molecule has 2 aliphatic rings. The number of rotatable bonds is 4. The number of methoxy groups -OCH3 is 1. The predicted molar refractivity (Wildman–Crippen MR) is 76.4 cm³/mol. The van der Waals surface area contributed by atoms with E-state index in [4.69, 9.17) is 9.84 Å². The van der Waals surface area contributed by atoms with Gasteiger partial charge in [0.05, 0.1) is 11.7 Å². The summed E-state index contributed by atoms with van der Waals surface area (Å²) in [7, 11) is 1.73. The van der Waals surface area contributed by atoms with E-state index in [1.54, 1.807) is 19.2 Å². The second-order valence-corrected chi connectivity index (χ2v) is 5.96. The summed E-state index contributed by atoms with van der Waals surface area (Å²) in [6.07, 6.45) is 4.52. The summed E-state index contributed by atoms with van der Waals surface area (Å²) >= 11 is 0. The van der Waals surface area contributed by atoms with E-state index in [0.717, 1.165) is 19.3 Å². The molecule has 0 heterocycles. The average molecular weight is 289 g/mol. The van der Waals surface area contributed by atoms with Crippen LogP contribution in [0.2, 0.25) is 0 Å². The molecule has 2 N–H and O–H groups in total. The zero-order chi connectivity index (χ0) is 15.0. The van der Waals surface area contributed by atoms with Gasteiger partial charge in [-0.3, -0.25) is 4.79 Å². The fourth-order valence-electron chi connectivity index (χ4n) is 3.54. The van der Waals surface area contributed by atoms with Gasteiger partial charge in [-0.25, -0.2) is 4.79 Å². The molecule has 0 radical (unpaired) electrons. The first-order valence-corrected chi connectivity index (χ1v) is 7.24. The molecule has 2 fully saturated rings. The van der Waals surface area contributed by atoms with Gasteiger partial charge in [-0.15, -0.1) is 0 Å². The van der Waals surface area contributed by atoms with Crippen LogP contribution in [0.4, 0.5) is 0 Å². The molecule has 1 spiro atoms. The number of carboxylic acid groups (broad SMARTS) is 1. The van der Waals surface area contributed by atoms with E-state index < -0.39 is 5.97 Å². The van der Waals surface area contributed by atoms with E-state index in [1.165, 1.54) is 18.6 Å². The maximum Gasteiger partial charge on any atom is 0.335 e. The van der Waals surface area contributed by atoms with Gasteiger partial charge in [-0.05, 0) is 43.5 Å². The monoisotopic (exact) mass is 289 g/mol. The minimum Gasteiger partial charge on any atom is -0.478 e. The zero-order valence-electron chi connectivity index (χ0n) is 12.0. The van der Waals surface area contributed by atoms with Crippen LogP contribution in [-0.2, 0) is 4.74 Å². The molecule has 1 aromatic rings. The Kier molecular flexibility index (Phi) is 3.45. The summed E-state index contributed by atoms with van der Waals surface area (Å²) in [4.78, 5) is 23.1. The molecule has 3 rings (SSSR count). The number of carbonyl (C=O) groups excluding carboxylic acids is 1. The van der Waals surface area contributed by atoms with Crippen molar-refractivity contribution in [3.8, 4) is 0 Å². The van der Waals surface area contributed by atoms with E-state index in [-0.39, 0.29) is 29.0 Å². The normalized spacial score (nSPS) is 25.8. The highest BCUT2D eigenvalue weighted by Gasteiger charge is 2.59. The Balaban J connectivity index is 1.65. The van der Waals surface area contributed by atoms with Crippen molar-refractivity contribution in [3.63, 3.8) is 0 Å². The number of amides is 1. The Bertz CT molecular complexity index is 562. The van der Waals surface area contributed by atoms with Gasteiger partial charge in [-0.2, -0.15) is 0 Å². The lowest BCUT2D eigenvalue weighted by Gasteiger charge is -2.60. The fraction of sp³-hybridized carbons (Fsp3) is 0.500. The van der Waals surface area contributed by atoms with Crippen molar-refractivity contribution in [3.05, 3.63) is 35.4 Å². The molecule has 2 unspecified atom stereocenters. The zero-order valence-corrected chi connectivity index (χ0v) is 12.0. The topological polar surface area (TPSA) is 75.6 Å². The van der Waals surface area contributed by atoms with Gasteiger partial charge in [0.25, 0.3) is 5.91 Å². The number of ether oxygens (including phenoxy) is 1. The fourth-order valence-corrected chi connectivity index (χ4v) is 3.54. The molecule has 1 aromatic carbocycles. The third kappa shape index (κ3) is 2.21. The van der Waals surface area contributed by atoms with Crippen LogP contribution >= 0.6 is 0 Å². The molecule has 5 heteroatoms. The van der Waals surface area contributed by atoms with Crippen molar-refractivity contribution in [2.24, 2.45) is 5.41 Å². The first kappa shape index (κ1) is 14.1. The van der Waals surface area contributed by atoms with Crippen molar-refractivity contribution in [1.82, 2.24) is 5.32 Å². The van der Waals surface area contributed by atoms with E-state index in [0.29, 0.717) is 5.56 Å². The highest BCUT2D eigenvalue weighted by atomic mass is 16.5. The molecular formula is C16H19NO4. The highest BCUT2D eigenvalue weighted by molar-refractivity contribution is 5.96. The standard InChI is InChI=1S/C16H19NO4/c1-21-13-9-12(16(13)7-2-8-16)17-14(18)10-3-5-11(6-4-10)15(19)20/h3-6,12-13H,2,7-9H2,1H3,(H,17,18)(H,19,20). The second-order valence-electron chi connectivity index (χ2n) is 5.96. The SMILES string of the molecule is COC1CC(NC(=O)c2ccc(C(=O)O)cc2)C12CCC2. The van der Waals surface area contributed by atoms with Crippen LogP contribution in [-0.4, -0.2) is 36.2 Å². The Morgan fingerprint density at radius 3 is 2.33 bits per heavy atom. The lowest BCUT2D eigenvalue weighted by atomic mass is 9.51. The highest BCUT2D eigenvalue weighted by Crippen LogP contribution is 2.57. The van der Waals surface area contributed by atoms with E-state index in [2.05, 4.69) is 5.32 Å². The maximum atomic E-state index is 12.3. The third-order valence-electron chi connectivity index (χ3n) is 5.05. The Morgan fingerprint density at radius 2 is 1.86 bits per heavy atom. The van der Waals surface area contributed by atoms with Crippen molar-refractivity contribution in [2.75, 3.05) is 7.11 Å². The number of carboxylic acids is 1. The number of nitrogens with one attached hydrogen (secondary N) is 1. The molecule has 0 saturated heterocycles. The smallest absolute Gasteiger partial charge is 0.335 e. The summed E-state index contributed by atoms with van der Waals surface area (Å²) in [5.74, 6) is -1.13. The minimum absolute atomic E-state index is 0.130. The summed E-state index contributed by atoms with van der Waals surface area (Å²) in [5.41, 5.74) is 0.811. The van der Waals surface area contributed by atoms with Crippen LogP contribution in [0.1, 0.15) is 46.4 Å². The lowest BCUT2D eigenvalue weighted by Crippen LogP contribution is -2.67. The molecule has 2 saturated carbocycles. The van der Waals surface area contributed by atoms with Gasteiger partial charge in [-0.1, -0.05) is 6.42 Å². The Morgan fingerprint density at radius 1 is 1.24 bits per heavy atom. The van der Waals surface area contributed by atoms with Gasteiger partial charge >= 0.3 is 5.97 Å². The number of aromatic carboxylic acids is 1. The predicted octanol–water partition coefficient (Wildman–Crippen LogP) is 2.07. The van der Waals surface area contributed by atoms with Gasteiger partial charge in [0.1, 0.15) is 0 Å². The summed E-state index contributed by atoms with van der Waals surface area (Å²) in [6.45, 7) is 0. The largest absolute Gasteiger partial charge is 0.478 e. The lowest BCUT2D eigenvalue weighted by molar-refractivity contribution is -0.158.